The number of nitrogens with one attached hydrogen (secondary N) is 1. The second kappa shape index (κ2) is 7.20. The minimum absolute atomic E-state index is 0.0243. The minimum Gasteiger partial charge on any atom is -0.496 e. The number of sulfone groups is 1. The van der Waals surface area contributed by atoms with Crippen molar-refractivity contribution in [3.8, 4) is 5.75 Å². The second-order valence-corrected chi connectivity index (χ2v) is 6.64. The van der Waals surface area contributed by atoms with Crippen molar-refractivity contribution in [3.05, 3.63) is 33.9 Å². The molecule has 1 N–H and O–H groups in total. The van der Waals surface area contributed by atoms with Gasteiger partial charge >= 0.3 is 0 Å². The van der Waals surface area contributed by atoms with Gasteiger partial charge in [0.2, 0.25) is 0 Å². The molecule has 0 saturated heterocycles. The molecule has 20 heavy (non-hydrogen) atoms. The molecule has 0 aromatic heterocycles. The fraction of sp³-hybridized carbons (Fsp3) is 0.500. The van der Waals surface area contributed by atoms with Crippen LogP contribution in [-0.4, -0.2) is 38.5 Å². The third kappa shape index (κ3) is 4.78. The van der Waals surface area contributed by atoms with E-state index in [0.717, 1.165) is 0 Å². The highest BCUT2D eigenvalue weighted by Gasteiger charge is 2.11. The van der Waals surface area contributed by atoms with Crippen molar-refractivity contribution in [3.63, 3.8) is 0 Å². The highest BCUT2D eigenvalue weighted by atomic mass is 32.2. The molecule has 1 rings (SSSR count). The Morgan fingerprint density at radius 1 is 1.40 bits per heavy atom. The average molecular weight is 302 g/mol. The Labute approximate surface area is 118 Å². The van der Waals surface area contributed by atoms with E-state index >= 15 is 0 Å². The Hall–Kier alpha value is -1.67. The predicted molar refractivity (Wildman–Crippen MR) is 75.7 cm³/mol. The lowest BCUT2D eigenvalue weighted by molar-refractivity contribution is -0.384. The summed E-state index contributed by atoms with van der Waals surface area (Å²) in [6, 6.07) is 4.31. The topological polar surface area (TPSA) is 98.5 Å². The number of non-ortho nitro benzene ring substituents is 1. The van der Waals surface area contributed by atoms with Crippen molar-refractivity contribution in [2.24, 2.45) is 0 Å². The zero-order chi connectivity index (χ0) is 15.2. The Morgan fingerprint density at radius 3 is 2.65 bits per heavy atom. The van der Waals surface area contributed by atoms with Crippen LogP contribution in [-0.2, 0) is 16.4 Å². The lowest BCUT2D eigenvalue weighted by atomic mass is 10.1. The first-order chi connectivity index (χ1) is 9.39. The number of nitrogens with zero attached hydrogens (tertiary/aromatic N) is 1. The highest BCUT2D eigenvalue weighted by molar-refractivity contribution is 7.91. The van der Waals surface area contributed by atoms with E-state index in [2.05, 4.69) is 5.32 Å². The van der Waals surface area contributed by atoms with E-state index in [1.165, 1.54) is 25.3 Å². The molecule has 0 fully saturated rings. The maximum absolute atomic E-state index is 11.3. The zero-order valence-electron chi connectivity index (χ0n) is 11.5. The average Bonchev–Trinajstić information content (AvgIpc) is 2.43. The predicted octanol–water partition coefficient (Wildman–Crippen LogP) is 1.13. The first-order valence-corrected chi connectivity index (χ1v) is 7.94. The van der Waals surface area contributed by atoms with Crippen LogP contribution in [0.1, 0.15) is 12.5 Å². The molecule has 0 saturated carbocycles. The molecule has 0 aliphatic carbocycles. The third-order valence-corrected chi connectivity index (χ3v) is 4.53. The van der Waals surface area contributed by atoms with Gasteiger partial charge in [-0.2, -0.15) is 0 Å². The normalized spacial score (nSPS) is 11.3. The number of ether oxygens (including phenoxy) is 1. The van der Waals surface area contributed by atoms with Crippen LogP contribution in [0.2, 0.25) is 0 Å². The van der Waals surface area contributed by atoms with Gasteiger partial charge in [0.25, 0.3) is 5.69 Å². The van der Waals surface area contributed by atoms with Crippen LogP contribution in [0.4, 0.5) is 5.69 Å². The molecule has 0 aliphatic rings. The van der Waals surface area contributed by atoms with E-state index in [-0.39, 0.29) is 17.2 Å². The summed E-state index contributed by atoms with van der Waals surface area (Å²) in [6.07, 6.45) is 0. The van der Waals surface area contributed by atoms with Crippen LogP contribution < -0.4 is 10.1 Å². The van der Waals surface area contributed by atoms with E-state index in [4.69, 9.17) is 4.74 Å². The molecule has 0 spiro atoms. The molecule has 0 amide bonds. The van der Waals surface area contributed by atoms with Crippen molar-refractivity contribution in [2.75, 3.05) is 25.2 Å². The molecule has 0 heterocycles. The van der Waals surface area contributed by atoms with E-state index in [9.17, 15) is 18.5 Å². The van der Waals surface area contributed by atoms with Gasteiger partial charge in [0, 0.05) is 36.5 Å². The number of hydrogen-bond donors (Lipinski definition) is 1. The maximum Gasteiger partial charge on any atom is 0.270 e. The number of benzene rings is 1. The van der Waals surface area contributed by atoms with Gasteiger partial charge in [-0.1, -0.05) is 6.92 Å². The summed E-state index contributed by atoms with van der Waals surface area (Å²) >= 11 is 0. The largest absolute Gasteiger partial charge is 0.496 e. The van der Waals surface area contributed by atoms with E-state index in [1.54, 1.807) is 6.92 Å². The maximum atomic E-state index is 11.3. The first-order valence-electron chi connectivity index (χ1n) is 6.12. The molecular weight excluding hydrogens is 284 g/mol. The van der Waals surface area contributed by atoms with Gasteiger partial charge < -0.3 is 10.1 Å². The number of nitro benzene ring substituents is 1. The fourth-order valence-corrected chi connectivity index (χ4v) is 2.36. The highest BCUT2D eigenvalue weighted by Crippen LogP contribution is 2.23. The molecule has 0 bridgehead atoms. The molecule has 0 unspecified atom stereocenters. The summed E-state index contributed by atoms with van der Waals surface area (Å²) < 4.78 is 27.8. The van der Waals surface area contributed by atoms with Gasteiger partial charge in [0.1, 0.15) is 5.75 Å². The molecule has 1 aromatic carbocycles. The van der Waals surface area contributed by atoms with Crippen LogP contribution in [0.25, 0.3) is 0 Å². The van der Waals surface area contributed by atoms with Crippen LogP contribution in [0, 0.1) is 10.1 Å². The van der Waals surface area contributed by atoms with E-state index in [1.807, 2.05) is 0 Å². The van der Waals surface area contributed by atoms with Crippen LogP contribution in [0.5, 0.6) is 5.75 Å². The zero-order valence-corrected chi connectivity index (χ0v) is 12.3. The van der Waals surface area contributed by atoms with E-state index in [0.29, 0.717) is 24.4 Å². The third-order valence-electron chi connectivity index (χ3n) is 2.82. The Bertz CT molecular complexity index is 571. The Balaban J connectivity index is 2.67. The summed E-state index contributed by atoms with van der Waals surface area (Å²) in [5.74, 6) is 0.677. The van der Waals surface area contributed by atoms with Gasteiger partial charge in [-0.15, -0.1) is 0 Å². The van der Waals surface area contributed by atoms with Crippen molar-refractivity contribution in [1.82, 2.24) is 5.32 Å². The van der Waals surface area contributed by atoms with Gasteiger partial charge in [-0.05, 0) is 6.07 Å². The molecular formula is C12H18N2O5S. The van der Waals surface area contributed by atoms with Crippen LogP contribution in [0.3, 0.4) is 0 Å². The molecule has 7 nitrogen and oxygen atoms in total. The summed E-state index contributed by atoms with van der Waals surface area (Å²) in [4.78, 5) is 10.2. The van der Waals surface area contributed by atoms with Gasteiger partial charge in [0.05, 0.1) is 17.8 Å². The number of rotatable bonds is 8. The van der Waals surface area contributed by atoms with E-state index < -0.39 is 14.8 Å². The standard InChI is InChI=1S/C12H18N2O5S/c1-3-20(17,18)7-6-13-9-10-8-11(14(15)16)4-5-12(10)19-2/h4-5,8,13H,3,6-7,9H2,1-2H3. The molecule has 112 valence electrons. The summed E-state index contributed by atoms with van der Waals surface area (Å²) in [5.41, 5.74) is 0.597. The number of hydrogen-bond acceptors (Lipinski definition) is 6. The first kappa shape index (κ1) is 16.4. The monoisotopic (exact) mass is 302 g/mol. The number of methoxy groups -OCH3 is 1. The molecule has 8 heteroatoms. The molecule has 1 aromatic rings. The second-order valence-electron chi connectivity index (χ2n) is 4.17. The van der Waals surface area contributed by atoms with Gasteiger partial charge in [0.15, 0.2) is 9.84 Å². The lowest BCUT2D eigenvalue weighted by Crippen LogP contribution is -2.23. The van der Waals surface area contributed by atoms with Crippen molar-refractivity contribution in [2.45, 2.75) is 13.5 Å². The summed E-state index contributed by atoms with van der Waals surface area (Å²) in [5, 5.41) is 13.7. The van der Waals surface area contributed by atoms with Crippen molar-refractivity contribution >= 4 is 15.5 Å². The fourth-order valence-electron chi connectivity index (χ4n) is 1.61. The SMILES string of the molecule is CCS(=O)(=O)CCNCc1cc([N+](=O)[O-])ccc1OC. The number of nitro groups is 1. The van der Waals surface area contributed by atoms with Gasteiger partial charge in [-0.25, -0.2) is 8.42 Å². The smallest absolute Gasteiger partial charge is 0.270 e. The van der Waals surface area contributed by atoms with Crippen LogP contribution >= 0.6 is 0 Å². The lowest BCUT2D eigenvalue weighted by Gasteiger charge is -2.09. The minimum atomic E-state index is -3.01. The summed E-state index contributed by atoms with van der Waals surface area (Å²) in [7, 11) is -1.53. The molecule has 0 radical (unpaired) electrons. The quantitative estimate of drug-likeness (QED) is 0.439. The molecule has 0 atom stereocenters. The Morgan fingerprint density at radius 2 is 2.10 bits per heavy atom. The van der Waals surface area contributed by atoms with Crippen molar-refractivity contribution in [1.29, 1.82) is 0 Å². The van der Waals surface area contributed by atoms with Crippen molar-refractivity contribution < 1.29 is 18.1 Å². The molecule has 0 aliphatic heterocycles. The van der Waals surface area contributed by atoms with Gasteiger partial charge in [-0.3, -0.25) is 10.1 Å². The summed E-state index contributed by atoms with van der Waals surface area (Å²) in [6.45, 7) is 2.20. The Kier molecular flexibility index (Phi) is 5.90. The van der Waals surface area contributed by atoms with Crippen LogP contribution in [0.15, 0.2) is 18.2 Å².